The van der Waals surface area contributed by atoms with Crippen LogP contribution in [0.5, 0.6) is 5.75 Å². The van der Waals surface area contributed by atoms with Crippen LogP contribution < -0.4 is 4.52 Å². The average molecular weight is 466 g/mol. The third-order valence-electron chi connectivity index (χ3n) is 4.52. The maximum absolute atomic E-state index is 11.8. The Morgan fingerprint density at radius 1 is 0.846 bits per heavy atom. The summed E-state index contributed by atoms with van der Waals surface area (Å²) in [6.45, 7) is 4.46. The van der Waals surface area contributed by atoms with Crippen LogP contribution in [0.1, 0.15) is 89.2 Å². The van der Waals surface area contributed by atoms with Crippen molar-refractivity contribution in [3.63, 3.8) is 0 Å². The van der Waals surface area contributed by atoms with Gasteiger partial charge < -0.3 is 33.6 Å². The van der Waals surface area contributed by atoms with E-state index in [1.165, 1.54) is 68.9 Å². The quantitative estimate of drug-likeness (QED) is 0.125. The van der Waals surface area contributed by atoms with Crippen molar-refractivity contribution in [2.45, 2.75) is 90.9 Å². The first kappa shape index (κ1) is 26.6. The first-order valence-corrected chi connectivity index (χ1v) is 13.5. The molecule has 1 rings (SSSR count). The molecule has 0 spiro atoms. The van der Waals surface area contributed by atoms with Crippen molar-refractivity contribution in [2.75, 3.05) is 0 Å². The molecule has 0 radical (unpaired) electrons. The summed E-state index contributed by atoms with van der Waals surface area (Å²) in [6, 6.07) is 6.01. The second-order valence-corrected chi connectivity index (χ2v) is 11.4. The van der Waals surface area contributed by atoms with Gasteiger partial charge in [0.15, 0.2) is 0 Å². The Labute approximate surface area is 184 Å². The van der Waals surface area contributed by atoms with E-state index >= 15 is 0 Å². The normalized spacial score (nSPS) is 11.2. The van der Waals surface area contributed by atoms with Crippen LogP contribution in [0, 0.1) is 0 Å². The Bertz CT molecular complexity index is 535. The summed E-state index contributed by atoms with van der Waals surface area (Å²) < 4.78 is 17.3. The second kappa shape index (κ2) is 15.5. The molecule has 0 saturated carbocycles. The fourth-order valence-electron chi connectivity index (χ4n) is 3.16. The third-order valence-corrected chi connectivity index (χ3v) is 5.39. The smallest absolute Gasteiger partial charge is 0.702 e. The minimum Gasteiger partial charge on any atom is -0.702 e. The van der Waals surface area contributed by atoms with Crippen molar-refractivity contribution >= 4 is 30.3 Å². The Balaban J connectivity index is 0.00000625. The van der Waals surface area contributed by atoms with Crippen molar-refractivity contribution in [2.24, 2.45) is 0 Å². The molecule has 0 bridgehead atoms. The summed E-state index contributed by atoms with van der Waals surface area (Å²) >= 11 is 9.65. The summed E-state index contributed by atoms with van der Waals surface area (Å²) in [4.78, 5) is 0. The van der Waals surface area contributed by atoms with Gasteiger partial charge in [-0.1, -0.05) is 77.3 Å². The molecule has 0 unspecified atom stereocenters. The molecule has 2 nitrogen and oxygen atoms in total. The molecule has 26 heavy (non-hydrogen) atoms. The van der Waals surface area contributed by atoms with Crippen molar-refractivity contribution in [3.8, 4) is 5.75 Å². The summed E-state index contributed by atoms with van der Waals surface area (Å²) in [5, 5.41) is 0. The topological polar surface area (TPSA) is 26.3 Å². The van der Waals surface area contributed by atoms with Crippen molar-refractivity contribution in [1.82, 2.24) is 0 Å². The molecule has 0 aromatic heterocycles. The molecule has 0 atom stereocenters. The number of hydrogen-bond donors (Lipinski definition) is 0. The van der Waals surface area contributed by atoms with Gasteiger partial charge in [-0.15, -0.1) is 0 Å². The SMILES string of the molecule is CCCCCCCc1cccc(OP(=O)([S-])[S-])c1CCCCCCC.[Zn+2]. The van der Waals surface area contributed by atoms with Crippen LogP contribution in [0.4, 0.5) is 0 Å². The van der Waals surface area contributed by atoms with Crippen LogP contribution >= 0.6 is 5.77 Å². The summed E-state index contributed by atoms with van der Waals surface area (Å²) in [5.74, 6) is -2.71. The van der Waals surface area contributed by atoms with E-state index in [0.717, 1.165) is 19.3 Å². The van der Waals surface area contributed by atoms with Crippen LogP contribution in [0.25, 0.3) is 0 Å². The van der Waals surface area contributed by atoms with Gasteiger partial charge in [0.25, 0.3) is 0 Å². The zero-order chi connectivity index (χ0) is 18.5. The van der Waals surface area contributed by atoms with Crippen molar-refractivity contribution in [3.05, 3.63) is 29.3 Å². The van der Waals surface area contributed by atoms with E-state index in [9.17, 15) is 4.57 Å². The molecule has 0 N–H and O–H groups in total. The summed E-state index contributed by atoms with van der Waals surface area (Å²) in [6.07, 6.45) is 14.5. The number of aryl methyl sites for hydroxylation is 1. The predicted octanol–water partition coefficient (Wildman–Crippen LogP) is 7.29. The van der Waals surface area contributed by atoms with Crippen LogP contribution in [-0.4, -0.2) is 0 Å². The molecule has 0 aliphatic carbocycles. The predicted molar refractivity (Wildman–Crippen MR) is 114 cm³/mol. The van der Waals surface area contributed by atoms with E-state index < -0.39 is 5.77 Å². The van der Waals surface area contributed by atoms with Crippen LogP contribution in [0.3, 0.4) is 0 Å². The Morgan fingerprint density at radius 2 is 1.38 bits per heavy atom. The molecule has 0 aliphatic heterocycles. The molecule has 144 valence electrons. The Kier molecular flexibility index (Phi) is 15.8. The Hall–Kier alpha value is 0.573. The van der Waals surface area contributed by atoms with Gasteiger partial charge in [-0.25, -0.2) is 0 Å². The molecule has 0 heterocycles. The molecule has 0 fully saturated rings. The monoisotopic (exact) mass is 464 g/mol. The molecular formula is C20H33O2PS2Zn. The van der Waals surface area contributed by atoms with E-state index in [2.05, 4.69) is 19.9 Å². The van der Waals surface area contributed by atoms with E-state index in [-0.39, 0.29) is 19.5 Å². The zero-order valence-corrected chi connectivity index (χ0v) is 22.0. The number of rotatable bonds is 14. The van der Waals surface area contributed by atoms with Crippen LogP contribution in [0.2, 0.25) is 0 Å². The number of unbranched alkanes of at least 4 members (excludes halogenated alkanes) is 8. The van der Waals surface area contributed by atoms with Gasteiger partial charge in [0.05, 0.1) is 0 Å². The standard InChI is InChI=1S/C20H35O2PS2.Zn/c1-3-5-7-9-11-14-18-15-13-17-20(22-23(21,24)25)19(18)16-12-10-8-6-4-2;/h13,15,17H,3-12,14,16H2,1-2H3,(H2,21,24,25);/q;+2/p-2. The number of benzene rings is 1. The number of hydrogen-bond acceptors (Lipinski definition) is 4. The second-order valence-electron chi connectivity index (χ2n) is 6.76. The van der Waals surface area contributed by atoms with Gasteiger partial charge >= 0.3 is 19.5 Å². The van der Waals surface area contributed by atoms with Crippen LogP contribution in [0.15, 0.2) is 18.2 Å². The molecular weight excluding hydrogens is 433 g/mol. The van der Waals surface area contributed by atoms with Crippen LogP contribution in [-0.2, 0) is 61.4 Å². The van der Waals surface area contributed by atoms with E-state index in [0.29, 0.717) is 5.75 Å². The first-order valence-electron chi connectivity index (χ1n) is 9.80. The molecule has 1 aromatic rings. The van der Waals surface area contributed by atoms with Crippen molar-refractivity contribution < 1.29 is 28.6 Å². The van der Waals surface area contributed by atoms with Crippen molar-refractivity contribution in [1.29, 1.82) is 0 Å². The molecule has 0 amide bonds. The molecule has 6 heteroatoms. The zero-order valence-electron chi connectivity index (χ0n) is 16.5. The third kappa shape index (κ3) is 12.1. The fraction of sp³-hybridized carbons (Fsp3) is 0.700. The Morgan fingerprint density at radius 3 is 1.92 bits per heavy atom. The first-order chi connectivity index (χ1) is 12.0. The molecule has 0 aliphatic rings. The van der Waals surface area contributed by atoms with E-state index in [1.807, 2.05) is 12.1 Å². The minimum atomic E-state index is -3.36. The molecule has 1 aromatic carbocycles. The van der Waals surface area contributed by atoms with Gasteiger partial charge in [0, 0.05) is 0 Å². The maximum Gasteiger partial charge on any atom is 2.00 e. The van der Waals surface area contributed by atoms with Gasteiger partial charge in [0.2, 0.25) is 0 Å². The van der Waals surface area contributed by atoms with Gasteiger partial charge in [-0.05, 0) is 48.6 Å². The summed E-state index contributed by atoms with van der Waals surface area (Å²) in [5.41, 5.74) is 2.48. The van der Waals surface area contributed by atoms with Gasteiger partial charge in [0.1, 0.15) is 5.75 Å². The summed E-state index contributed by atoms with van der Waals surface area (Å²) in [7, 11) is 0. The van der Waals surface area contributed by atoms with E-state index in [4.69, 9.17) is 29.0 Å². The van der Waals surface area contributed by atoms with Gasteiger partial charge in [-0.2, -0.15) is 0 Å². The largest absolute Gasteiger partial charge is 2.00 e. The average Bonchev–Trinajstić information content (AvgIpc) is 2.55. The fourth-order valence-corrected chi connectivity index (χ4v) is 4.05. The molecule has 0 saturated heterocycles. The van der Waals surface area contributed by atoms with Gasteiger partial charge in [-0.3, -0.25) is 0 Å². The minimum absolute atomic E-state index is 0. The maximum atomic E-state index is 11.8. The van der Waals surface area contributed by atoms with E-state index in [1.54, 1.807) is 0 Å².